The van der Waals surface area contributed by atoms with Crippen LogP contribution < -0.4 is 14.9 Å². The highest BCUT2D eigenvalue weighted by Gasteiger charge is 2.18. The van der Waals surface area contributed by atoms with Crippen molar-refractivity contribution >= 4 is 33.7 Å². The van der Waals surface area contributed by atoms with E-state index in [1.165, 1.54) is 12.3 Å². The van der Waals surface area contributed by atoms with Gasteiger partial charge in [-0.1, -0.05) is 22.0 Å². The first-order valence-electron chi connectivity index (χ1n) is 9.24. The van der Waals surface area contributed by atoms with Gasteiger partial charge in [0.1, 0.15) is 24.7 Å². The highest BCUT2D eigenvalue weighted by Crippen LogP contribution is 2.33. The summed E-state index contributed by atoms with van der Waals surface area (Å²) < 4.78 is 17.2. The fraction of sp³-hybridized carbons (Fsp3) is 0.143. The Morgan fingerprint density at radius 3 is 2.74 bits per heavy atom. The fourth-order valence-electron chi connectivity index (χ4n) is 3.02. The molecule has 2 aromatic carbocycles. The van der Waals surface area contributed by atoms with Crippen LogP contribution in [0.5, 0.6) is 11.5 Å². The molecule has 0 bridgehead atoms. The fourth-order valence-corrected chi connectivity index (χ4v) is 3.37. The first-order chi connectivity index (χ1) is 15.0. The van der Waals surface area contributed by atoms with Crippen LogP contribution in [0.4, 0.5) is 5.69 Å². The minimum atomic E-state index is -0.478. The van der Waals surface area contributed by atoms with Crippen LogP contribution in [0.3, 0.4) is 0 Å². The van der Waals surface area contributed by atoms with Gasteiger partial charge in [-0.2, -0.15) is 5.10 Å². The molecule has 0 atom stereocenters. The Hall–Kier alpha value is -3.66. The average molecular weight is 486 g/mol. The number of fused-ring (bicyclic) bond motifs is 1. The number of nitro groups is 1. The van der Waals surface area contributed by atoms with Gasteiger partial charge in [-0.15, -0.1) is 0 Å². The van der Waals surface area contributed by atoms with Crippen LogP contribution in [0.15, 0.2) is 62.5 Å². The van der Waals surface area contributed by atoms with E-state index in [1.807, 2.05) is 0 Å². The van der Waals surface area contributed by atoms with Gasteiger partial charge in [0.05, 0.1) is 23.1 Å². The molecule has 3 aromatic rings. The predicted octanol–water partition coefficient (Wildman–Crippen LogP) is 4.08. The smallest absolute Gasteiger partial charge is 0.281 e. The van der Waals surface area contributed by atoms with Gasteiger partial charge >= 0.3 is 0 Å². The van der Waals surface area contributed by atoms with Gasteiger partial charge in [0, 0.05) is 10.5 Å². The zero-order valence-corrected chi connectivity index (χ0v) is 17.6. The van der Waals surface area contributed by atoms with E-state index in [4.69, 9.17) is 13.9 Å². The van der Waals surface area contributed by atoms with E-state index in [9.17, 15) is 14.9 Å². The molecular weight excluding hydrogens is 470 g/mol. The van der Waals surface area contributed by atoms with Crippen molar-refractivity contribution in [1.29, 1.82) is 0 Å². The quantitative estimate of drug-likeness (QED) is 0.319. The molecule has 1 aliphatic heterocycles. The molecule has 1 amide bonds. The third kappa shape index (κ3) is 4.92. The topological polar surface area (TPSA) is 116 Å². The van der Waals surface area contributed by atoms with Gasteiger partial charge < -0.3 is 13.9 Å². The van der Waals surface area contributed by atoms with Crippen molar-refractivity contribution in [1.82, 2.24) is 5.43 Å². The minimum Gasteiger partial charge on any atom is -0.486 e. The number of ether oxygens (including phenoxy) is 2. The third-order valence-electron chi connectivity index (χ3n) is 4.40. The highest BCUT2D eigenvalue weighted by atomic mass is 79.9. The Balaban J connectivity index is 1.39. The van der Waals surface area contributed by atoms with Crippen molar-refractivity contribution in [2.24, 2.45) is 5.10 Å². The number of rotatable bonds is 6. The molecule has 0 aliphatic carbocycles. The minimum absolute atomic E-state index is 0.0834. The summed E-state index contributed by atoms with van der Waals surface area (Å²) in [7, 11) is 0. The molecule has 158 valence electrons. The van der Waals surface area contributed by atoms with E-state index >= 15 is 0 Å². The van der Waals surface area contributed by atoms with Crippen molar-refractivity contribution in [2.45, 2.75) is 6.42 Å². The molecule has 0 fully saturated rings. The maximum absolute atomic E-state index is 12.1. The molecular formula is C21H16BrN3O6. The van der Waals surface area contributed by atoms with Crippen LogP contribution in [-0.4, -0.2) is 30.3 Å². The number of hydrogen-bond donors (Lipinski definition) is 1. The number of carbonyl (C=O) groups excluding carboxylic acids is 1. The lowest BCUT2D eigenvalue weighted by Gasteiger charge is -2.18. The highest BCUT2D eigenvalue weighted by molar-refractivity contribution is 9.10. The predicted molar refractivity (Wildman–Crippen MR) is 115 cm³/mol. The van der Waals surface area contributed by atoms with Gasteiger partial charge in [0.15, 0.2) is 11.5 Å². The molecule has 0 radical (unpaired) electrons. The van der Waals surface area contributed by atoms with Crippen molar-refractivity contribution in [3.05, 3.63) is 74.4 Å². The van der Waals surface area contributed by atoms with Gasteiger partial charge in [-0.3, -0.25) is 14.9 Å². The van der Waals surface area contributed by atoms with E-state index < -0.39 is 4.92 Å². The Bertz CT molecular complexity index is 1170. The average Bonchev–Trinajstić information content (AvgIpc) is 3.22. The summed E-state index contributed by atoms with van der Waals surface area (Å²) in [5.74, 6) is 1.62. The number of carbonyl (C=O) groups is 1. The molecule has 31 heavy (non-hydrogen) atoms. The third-order valence-corrected chi connectivity index (χ3v) is 4.89. The standard InChI is InChI=1S/C21H16BrN3O6/c22-14-2-4-16(17(11-14)25(27)28)18-6-3-15(31-18)12-23-24-21(26)10-13-1-5-19-20(9-13)30-8-7-29-19/h1-6,9,11-12H,7-8,10H2,(H,24,26)/b23-12-. The summed E-state index contributed by atoms with van der Waals surface area (Å²) in [6, 6.07) is 13.2. The number of hydrazone groups is 1. The molecule has 4 rings (SSSR count). The summed E-state index contributed by atoms with van der Waals surface area (Å²) in [4.78, 5) is 22.9. The zero-order valence-electron chi connectivity index (χ0n) is 16.0. The number of hydrogen-bond acceptors (Lipinski definition) is 7. The Kier molecular flexibility index (Phi) is 5.99. The largest absolute Gasteiger partial charge is 0.486 e. The van der Waals surface area contributed by atoms with Crippen molar-refractivity contribution in [2.75, 3.05) is 13.2 Å². The Morgan fingerprint density at radius 1 is 1.13 bits per heavy atom. The van der Waals surface area contributed by atoms with E-state index in [-0.39, 0.29) is 18.0 Å². The molecule has 0 saturated carbocycles. The lowest BCUT2D eigenvalue weighted by Crippen LogP contribution is -2.20. The van der Waals surface area contributed by atoms with Gasteiger partial charge in [-0.25, -0.2) is 5.43 Å². The Labute approximate surface area is 184 Å². The molecule has 9 nitrogen and oxygen atoms in total. The number of halogens is 1. The van der Waals surface area contributed by atoms with Crippen molar-refractivity contribution < 1.29 is 23.6 Å². The van der Waals surface area contributed by atoms with E-state index in [1.54, 1.807) is 42.5 Å². The summed E-state index contributed by atoms with van der Waals surface area (Å²) in [6.07, 6.45) is 1.44. The maximum atomic E-state index is 12.1. The van der Waals surface area contributed by atoms with Gasteiger partial charge in [-0.05, 0) is 42.0 Å². The van der Waals surface area contributed by atoms with Crippen LogP contribution in [0, 0.1) is 10.1 Å². The molecule has 1 aromatic heterocycles. The number of amides is 1. The summed E-state index contributed by atoms with van der Waals surface area (Å²) in [5.41, 5.74) is 3.45. The van der Waals surface area contributed by atoms with E-state index in [0.29, 0.717) is 46.3 Å². The van der Waals surface area contributed by atoms with Gasteiger partial charge in [0.2, 0.25) is 5.91 Å². The SMILES string of the molecule is O=C(Cc1ccc2c(c1)OCCO2)N/N=C\c1ccc(-c2ccc(Br)cc2[N+](=O)[O-])o1. The van der Waals surface area contributed by atoms with E-state index in [2.05, 4.69) is 26.5 Å². The van der Waals surface area contributed by atoms with Crippen molar-refractivity contribution in [3.63, 3.8) is 0 Å². The maximum Gasteiger partial charge on any atom is 0.281 e. The molecule has 0 spiro atoms. The molecule has 0 saturated heterocycles. The van der Waals surface area contributed by atoms with Crippen LogP contribution in [0.2, 0.25) is 0 Å². The monoisotopic (exact) mass is 485 g/mol. The van der Waals surface area contributed by atoms with E-state index in [0.717, 1.165) is 5.56 Å². The first kappa shape index (κ1) is 20.6. The second kappa shape index (κ2) is 9.00. The molecule has 1 N–H and O–H groups in total. The number of benzene rings is 2. The first-order valence-corrected chi connectivity index (χ1v) is 10.0. The Morgan fingerprint density at radius 2 is 1.94 bits per heavy atom. The summed E-state index contributed by atoms with van der Waals surface area (Å²) >= 11 is 3.22. The number of nitrogens with zero attached hydrogens (tertiary/aromatic N) is 2. The van der Waals surface area contributed by atoms with Crippen LogP contribution in [0.1, 0.15) is 11.3 Å². The lowest BCUT2D eigenvalue weighted by atomic mass is 10.1. The number of nitro benzene ring substituents is 1. The molecule has 10 heteroatoms. The van der Waals surface area contributed by atoms with Crippen LogP contribution in [-0.2, 0) is 11.2 Å². The number of nitrogens with one attached hydrogen (secondary N) is 1. The van der Waals surface area contributed by atoms with Crippen LogP contribution >= 0.6 is 15.9 Å². The lowest BCUT2D eigenvalue weighted by molar-refractivity contribution is -0.384. The summed E-state index contributed by atoms with van der Waals surface area (Å²) in [5, 5.41) is 15.2. The van der Waals surface area contributed by atoms with Crippen LogP contribution in [0.25, 0.3) is 11.3 Å². The molecule has 2 heterocycles. The van der Waals surface area contributed by atoms with Gasteiger partial charge in [0.25, 0.3) is 5.69 Å². The molecule has 0 unspecified atom stereocenters. The zero-order chi connectivity index (χ0) is 21.8. The second-order valence-corrected chi connectivity index (χ2v) is 7.48. The summed E-state index contributed by atoms with van der Waals surface area (Å²) in [6.45, 7) is 0.979. The normalized spacial score (nSPS) is 12.7. The number of furan rings is 1. The molecule has 1 aliphatic rings. The van der Waals surface area contributed by atoms with Crippen molar-refractivity contribution in [3.8, 4) is 22.8 Å². The second-order valence-electron chi connectivity index (χ2n) is 6.57.